The molecule has 0 aliphatic carbocycles. The van der Waals surface area contributed by atoms with Gasteiger partial charge in [0.25, 0.3) is 0 Å². The minimum absolute atomic E-state index is 0.231. The number of amides is 1. The zero-order chi connectivity index (χ0) is 13.5. The number of ether oxygens (including phenoxy) is 2. The quantitative estimate of drug-likeness (QED) is 0.592. The minimum atomic E-state index is -0.637. The maximum Gasteiger partial charge on any atom is 0.328 e. The zero-order valence-corrected chi connectivity index (χ0v) is 11.2. The van der Waals surface area contributed by atoms with Gasteiger partial charge in [0.1, 0.15) is 12.1 Å². The maximum absolute atomic E-state index is 11.9. The van der Waals surface area contributed by atoms with Crippen molar-refractivity contribution in [1.82, 2.24) is 5.32 Å². The van der Waals surface area contributed by atoms with Gasteiger partial charge in [0.2, 0.25) is 5.91 Å². The van der Waals surface area contributed by atoms with Crippen LogP contribution in [0.1, 0.15) is 33.1 Å². The second-order valence-corrected chi connectivity index (χ2v) is 4.60. The van der Waals surface area contributed by atoms with Gasteiger partial charge in [0.05, 0.1) is 7.11 Å². The van der Waals surface area contributed by atoms with E-state index in [1.807, 2.05) is 19.9 Å². The molecule has 1 heterocycles. The maximum atomic E-state index is 11.9. The molecule has 1 amide bonds. The highest BCUT2D eigenvalue weighted by molar-refractivity contribution is 5.87. The fraction of sp³-hybridized carbons (Fsp3) is 0.692. The third-order valence-corrected chi connectivity index (χ3v) is 2.79. The number of esters is 1. The first kappa shape index (κ1) is 14.7. The number of methoxy groups -OCH3 is 1. The first-order chi connectivity index (χ1) is 8.54. The molecular weight excluding hydrogens is 234 g/mol. The number of carbonyl (C=O) groups excluding carboxylic acids is 2. The van der Waals surface area contributed by atoms with Gasteiger partial charge < -0.3 is 14.8 Å². The van der Waals surface area contributed by atoms with E-state index in [-0.39, 0.29) is 5.91 Å². The summed E-state index contributed by atoms with van der Waals surface area (Å²) >= 11 is 0. The average molecular weight is 255 g/mol. The van der Waals surface area contributed by atoms with Crippen molar-refractivity contribution in [2.75, 3.05) is 13.7 Å². The molecule has 0 aromatic rings. The first-order valence-corrected chi connectivity index (χ1v) is 6.17. The molecule has 5 heteroatoms. The SMILES string of the molecule is COC(=O)[C@@H](CC=C(C)C)NC(=O)[C@H]1CCCO1. The van der Waals surface area contributed by atoms with E-state index in [2.05, 4.69) is 10.1 Å². The Labute approximate surface area is 108 Å². The number of allylic oxidation sites excluding steroid dienone is 1. The van der Waals surface area contributed by atoms with Crippen molar-refractivity contribution in [1.29, 1.82) is 0 Å². The molecular formula is C13H21NO4. The lowest BCUT2D eigenvalue weighted by molar-refractivity contribution is -0.146. The van der Waals surface area contributed by atoms with Gasteiger partial charge in [0, 0.05) is 6.61 Å². The van der Waals surface area contributed by atoms with Crippen molar-refractivity contribution in [3.8, 4) is 0 Å². The van der Waals surface area contributed by atoms with E-state index >= 15 is 0 Å². The molecule has 0 spiro atoms. The van der Waals surface area contributed by atoms with Crippen LogP contribution in [-0.2, 0) is 19.1 Å². The molecule has 1 N–H and O–H groups in total. The van der Waals surface area contributed by atoms with Crippen molar-refractivity contribution < 1.29 is 19.1 Å². The predicted octanol–water partition coefficient (Wildman–Crippen LogP) is 1.18. The van der Waals surface area contributed by atoms with Crippen molar-refractivity contribution in [3.05, 3.63) is 11.6 Å². The van der Waals surface area contributed by atoms with E-state index in [1.54, 1.807) is 0 Å². The van der Waals surface area contributed by atoms with E-state index in [0.717, 1.165) is 12.0 Å². The zero-order valence-electron chi connectivity index (χ0n) is 11.2. The largest absolute Gasteiger partial charge is 0.467 e. The number of carbonyl (C=O) groups is 2. The Kier molecular flexibility index (Phi) is 5.85. The summed E-state index contributed by atoms with van der Waals surface area (Å²) in [7, 11) is 1.32. The lowest BCUT2D eigenvalue weighted by atomic mass is 10.1. The molecule has 0 unspecified atom stereocenters. The molecule has 1 rings (SSSR count). The summed E-state index contributed by atoms with van der Waals surface area (Å²) in [6.07, 6.45) is 3.51. The van der Waals surface area contributed by atoms with Crippen molar-refractivity contribution >= 4 is 11.9 Å². The van der Waals surface area contributed by atoms with Crippen LogP contribution < -0.4 is 5.32 Å². The molecule has 102 valence electrons. The van der Waals surface area contributed by atoms with Gasteiger partial charge in [-0.25, -0.2) is 4.79 Å². The second-order valence-electron chi connectivity index (χ2n) is 4.60. The molecule has 1 aliphatic rings. The summed E-state index contributed by atoms with van der Waals surface area (Å²) in [5.74, 6) is -0.663. The van der Waals surface area contributed by atoms with Crippen LogP contribution in [0.2, 0.25) is 0 Å². The fourth-order valence-electron chi connectivity index (χ4n) is 1.76. The second kappa shape index (κ2) is 7.16. The van der Waals surface area contributed by atoms with Crippen molar-refractivity contribution in [3.63, 3.8) is 0 Å². The minimum Gasteiger partial charge on any atom is -0.467 e. The summed E-state index contributed by atoms with van der Waals surface area (Å²) in [5, 5.41) is 2.68. The Morgan fingerprint density at radius 3 is 2.72 bits per heavy atom. The lowest BCUT2D eigenvalue weighted by Gasteiger charge is -2.17. The molecule has 1 saturated heterocycles. The highest BCUT2D eigenvalue weighted by atomic mass is 16.5. The predicted molar refractivity (Wildman–Crippen MR) is 67.0 cm³/mol. The van der Waals surface area contributed by atoms with E-state index in [9.17, 15) is 9.59 Å². The molecule has 0 bridgehead atoms. The van der Waals surface area contributed by atoms with E-state index in [0.29, 0.717) is 19.4 Å². The number of nitrogens with one attached hydrogen (secondary N) is 1. The van der Waals surface area contributed by atoms with Crippen molar-refractivity contribution in [2.24, 2.45) is 0 Å². The number of hydrogen-bond donors (Lipinski definition) is 1. The van der Waals surface area contributed by atoms with Crippen LogP contribution in [0, 0.1) is 0 Å². The summed E-state index contributed by atoms with van der Waals surface area (Å²) in [6, 6.07) is -0.637. The molecule has 0 saturated carbocycles. The molecule has 0 aromatic heterocycles. The van der Waals surface area contributed by atoms with Crippen LogP contribution >= 0.6 is 0 Å². The molecule has 0 radical (unpaired) electrons. The van der Waals surface area contributed by atoms with Crippen LogP contribution in [0.5, 0.6) is 0 Å². The van der Waals surface area contributed by atoms with Crippen LogP contribution in [0.15, 0.2) is 11.6 Å². The first-order valence-electron chi connectivity index (χ1n) is 6.17. The molecule has 0 aromatic carbocycles. The number of hydrogen-bond acceptors (Lipinski definition) is 4. The number of rotatable bonds is 5. The summed E-state index contributed by atoms with van der Waals surface area (Å²) in [6.45, 7) is 4.49. The van der Waals surface area contributed by atoms with Gasteiger partial charge in [-0.1, -0.05) is 11.6 Å². The molecule has 1 fully saturated rings. The standard InChI is InChI=1S/C13H21NO4/c1-9(2)6-7-10(13(16)17-3)14-12(15)11-5-4-8-18-11/h6,10-11H,4-5,7-8H2,1-3H3,(H,14,15)/t10-,11-/m1/s1. The molecule has 1 aliphatic heterocycles. The monoisotopic (exact) mass is 255 g/mol. The van der Waals surface area contributed by atoms with Gasteiger partial charge in [0.15, 0.2) is 0 Å². The normalized spacial score (nSPS) is 20.1. The molecule has 2 atom stereocenters. The highest BCUT2D eigenvalue weighted by Gasteiger charge is 2.28. The molecule has 5 nitrogen and oxygen atoms in total. The van der Waals surface area contributed by atoms with Gasteiger partial charge >= 0.3 is 5.97 Å². The Morgan fingerprint density at radius 1 is 1.50 bits per heavy atom. The fourth-order valence-corrected chi connectivity index (χ4v) is 1.76. The Balaban J connectivity index is 2.56. The Morgan fingerprint density at radius 2 is 2.22 bits per heavy atom. The van der Waals surface area contributed by atoms with Gasteiger partial charge in [-0.2, -0.15) is 0 Å². The topological polar surface area (TPSA) is 64.6 Å². The summed E-state index contributed by atoms with van der Waals surface area (Å²) in [5.41, 5.74) is 1.09. The third kappa shape index (κ3) is 4.49. The third-order valence-electron chi connectivity index (χ3n) is 2.79. The van der Waals surface area contributed by atoms with Crippen LogP contribution in [0.4, 0.5) is 0 Å². The lowest BCUT2D eigenvalue weighted by Crippen LogP contribution is -2.45. The Hall–Kier alpha value is -1.36. The smallest absolute Gasteiger partial charge is 0.328 e. The summed E-state index contributed by atoms with van der Waals surface area (Å²) < 4.78 is 9.96. The Bertz CT molecular complexity index is 328. The van der Waals surface area contributed by atoms with Gasteiger partial charge in [-0.3, -0.25) is 4.79 Å². The van der Waals surface area contributed by atoms with E-state index in [1.165, 1.54) is 7.11 Å². The van der Waals surface area contributed by atoms with Crippen LogP contribution in [-0.4, -0.2) is 37.7 Å². The van der Waals surface area contributed by atoms with Gasteiger partial charge in [-0.15, -0.1) is 0 Å². The van der Waals surface area contributed by atoms with Gasteiger partial charge in [-0.05, 0) is 33.1 Å². The van der Waals surface area contributed by atoms with Crippen molar-refractivity contribution in [2.45, 2.75) is 45.3 Å². The average Bonchev–Trinajstić information content (AvgIpc) is 2.86. The van der Waals surface area contributed by atoms with E-state index < -0.39 is 18.1 Å². The van der Waals surface area contributed by atoms with E-state index in [4.69, 9.17) is 4.74 Å². The van der Waals surface area contributed by atoms with Crippen LogP contribution in [0.25, 0.3) is 0 Å². The van der Waals surface area contributed by atoms with Crippen LogP contribution in [0.3, 0.4) is 0 Å². The molecule has 18 heavy (non-hydrogen) atoms. The highest BCUT2D eigenvalue weighted by Crippen LogP contribution is 2.12. The summed E-state index contributed by atoms with van der Waals surface area (Å²) in [4.78, 5) is 23.4.